The number of aliphatic hydroxyl groups excluding tert-OH is 4. The molecule has 0 spiro atoms. The Balaban J connectivity index is 2.20. The van der Waals surface area contributed by atoms with Crippen LogP contribution >= 0.6 is 0 Å². The summed E-state index contributed by atoms with van der Waals surface area (Å²) in [5, 5.41) is 39.8. The highest BCUT2D eigenvalue weighted by molar-refractivity contribution is 4.87. The third-order valence-electron chi connectivity index (χ3n) is 3.45. The van der Waals surface area contributed by atoms with E-state index in [0.717, 1.165) is 12.8 Å². The molecule has 0 aromatic carbocycles. The summed E-state index contributed by atoms with van der Waals surface area (Å²) in [6.45, 7) is -0.785. The van der Waals surface area contributed by atoms with E-state index in [1.807, 2.05) is 0 Å². The zero-order chi connectivity index (χ0) is 13.4. The summed E-state index contributed by atoms with van der Waals surface area (Å²) in [6, 6.07) is 0. The van der Waals surface area contributed by atoms with E-state index >= 15 is 0 Å². The fourth-order valence-corrected chi connectivity index (χ4v) is 2.01. The third-order valence-corrected chi connectivity index (χ3v) is 3.45. The van der Waals surface area contributed by atoms with Crippen molar-refractivity contribution in [1.29, 1.82) is 0 Å². The van der Waals surface area contributed by atoms with Crippen LogP contribution in [-0.2, 0) is 4.74 Å². The Morgan fingerprint density at radius 1 is 1.11 bits per heavy atom. The Morgan fingerprint density at radius 2 is 1.67 bits per heavy atom. The smallest absolute Gasteiger partial charge is 0.0898 e. The van der Waals surface area contributed by atoms with Gasteiger partial charge in [0.2, 0.25) is 0 Å². The number of ether oxygens (including phenoxy) is 1. The van der Waals surface area contributed by atoms with Gasteiger partial charge in [0, 0.05) is 6.54 Å². The van der Waals surface area contributed by atoms with E-state index in [1.165, 1.54) is 12.8 Å². The lowest BCUT2D eigenvalue weighted by atomic mass is 10.0. The highest BCUT2D eigenvalue weighted by atomic mass is 16.5. The van der Waals surface area contributed by atoms with Crippen molar-refractivity contribution in [2.75, 3.05) is 33.0 Å². The van der Waals surface area contributed by atoms with Crippen LogP contribution in [0.3, 0.4) is 0 Å². The Labute approximate surface area is 108 Å². The first-order valence-electron chi connectivity index (χ1n) is 6.53. The largest absolute Gasteiger partial charge is 0.394 e. The van der Waals surface area contributed by atoms with Gasteiger partial charge in [-0.25, -0.2) is 0 Å². The average molecular weight is 263 g/mol. The van der Waals surface area contributed by atoms with Gasteiger partial charge < -0.3 is 30.5 Å². The number of aliphatic hydroxyl groups is 4. The summed E-state index contributed by atoms with van der Waals surface area (Å²) in [5.74, 6) is 0. The second-order valence-electron chi connectivity index (χ2n) is 5.03. The lowest BCUT2D eigenvalue weighted by Crippen LogP contribution is -2.57. The SMILES string of the molecule is OCC(CO)(CO)NCC(O)COC1CCCC1. The molecule has 1 aliphatic carbocycles. The molecular formula is C12H25NO5. The lowest BCUT2D eigenvalue weighted by Gasteiger charge is -2.30. The first-order chi connectivity index (χ1) is 8.65. The molecule has 6 nitrogen and oxygen atoms in total. The van der Waals surface area contributed by atoms with Crippen LogP contribution in [0.25, 0.3) is 0 Å². The van der Waals surface area contributed by atoms with E-state index < -0.39 is 31.5 Å². The molecule has 0 aromatic heterocycles. The Bertz CT molecular complexity index is 208. The van der Waals surface area contributed by atoms with Crippen LogP contribution in [0.4, 0.5) is 0 Å². The first kappa shape index (κ1) is 15.8. The van der Waals surface area contributed by atoms with Crippen LogP contribution in [0.5, 0.6) is 0 Å². The van der Waals surface area contributed by atoms with Crippen LogP contribution in [0, 0.1) is 0 Å². The van der Waals surface area contributed by atoms with Gasteiger partial charge in [0.05, 0.1) is 44.2 Å². The molecule has 18 heavy (non-hydrogen) atoms. The first-order valence-corrected chi connectivity index (χ1v) is 6.53. The summed E-state index contributed by atoms with van der Waals surface area (Å²) in [6.07, 6.45) is 4.00. The van der Waals surface area contributed by atoms with Gasteiger partial charge in [-0.2, -0.15) is 0 Å². The molecule has 0 radical (unpaired) electrons. The van der Waals surface area contributed by atoms with Crippen molar-refractivity contribution in [2.24, 2.45) is 0 Å². The van der Waals surface area contributed by atoms with E-state index in [0.29, 0.717) is 0 Å². The predicted molar refractivity (Wildman–Crippen MR) is 66.2 cm³/mol. The lowest BCUT2D eigenvalue weighted by molar-refractivity contribution is -0.0171. The molecule has 0 bridgehead atoms. The van der Waals surface area contributed by atoms with Gasteiger partial charge in [-0.1, -0.05) is 12.8 Å². The Kier molecular flexibility index (Phi) is 7.06. The van der Waals surface area contributed by atoms with E-state index in [9.17, 15) is 5.11 Å². The van der Waals surface area contributed by atoms with Crippen LogP contribution in [0.1, 0.15) is 25.7 Å². The van der Waals surface area contributed by atoms with Gasteiger partial charge in [-0.15, -0.1) is 0 Å². The van der Waals surface area contributed by atoms with Gasteiger partial charge in [0.15, 0.2) is 0 Å². The van der Waals surface area contributed by atoms with Crippen molar-refractivity contribution in [3.8, 4) is 0 Å². The van der Waals surface area contributed by atoms with Crippen molar-refractivity contribution in [1.82, 2.24) is 5.32 Å². The van der Waals surface area contributed by atoms with Gasteiger partial charge >= 0.3 is 0 Å². The topological polar surface area (TPSA) is 102 Å². The van der Waals surface area contributed by atoms with Crippen molar-refractivity contribution >= 4 is 0 Å². The van der Waals surface area contributed by atoms with Gasteiger partial charge in [0.1, 0.15) is 0 Å². The molecular weight excluding hydrogens is 238 g/mol. The molecule has 1 unspecified atom stereocenters. The van der Waals surface area contributed by atoms with Gasteiger partial charge in [-0.05, 0) is 12.8 Å². The highest BCUT2D eigenvalue weighted by Gasteiger charge is 2.28. The Morgan fingerprint density at radius 3 is 2.17 bits per heavy atom. The van der Waals surface area contributed by atoms with Gasteiger partial charge in [0.25, 0.3) is 0 Å². The molecule has 1 rings (SSSR count). The van der Waals surface area contributed by atoms with Crippen LogP contribution < -0.4 is 5.32 Å². The molecule has 6 heteroatoms. The normalized spacial score (nSPS) is 19.3. The maximum Gasteiger partial charge on any atom is 0.0898 e. The monoisotopic (exact) mass is 263 g/mol. The minimum Gasteiger partial charge on any atom is -0.394 e. The third kappa shape index (κ3) is 4.79. The molecule has 0 aliphatic heterocycles. The molecule has 0 amide bonds. The molecule has 0 heterocycles. The highest BCUT2D eigenvalue weighted by Crippen LogP contribution is 2.20. The van der Waals surface area contributed by atoms with E-state index in [1.54, 1.807) is 0 Å². The predicted octanol–water partition coefficient (Wildman–Crippen LogP) is -1.39. The van der Waals surface area contributed by atoms with Crippen LogP contribution in [-0.4, -0.2) is 71.1 Å². The maximum atomic E-state index is 9.73. The summed E-state index contributed by atoms with van der Waals surface area (Å²) in [7, 11) is 0. The molecule has 0 aromatic rings. The number of hydrogen-bond acceptors (Lipinski definition) is 6. The summed E-state index contributed by atoms with van der Waals surface area (Å²) in [4.78, 5) is 0. The zero-order valence-electron chi connectivity index (χ0n) is 10.7. The minimum atomic E-state index is -1.14. The Hall–Kier alpha value is -0.240. The second-order valence-corrected chi connectivity index (χ2v) is 5.03. The molecule has 1 atom stereocenters. The molecule has 108 valence electrons. The molecule has 1 saturated carbocycles. The molecule has 0 saturated heterocycles. The standard InChI is InChI=1S/C12H25NO5/c14-7-12(8-15,9-16)13-5-10(17)6-18-11-3-1-2-4-11/h10-11,13-17H,1-9H2. The molecule has 1 fully saturated rings. The van der Waals surface area contributed by atoms with Crippen molar-refractivity contribution in [2.45, 2.75) is 43.4 Å². The number of rotatable bonds is 9. The molecule has 5 N–H and O–H groups in total. The summed E-state index contributed by atoms with van der Waals surface area (Å²) < 4.78 is 5.55. The van der Waals surface area contributed by atoms with Crippen LogP contribution in [0.15, 0.2) is 0 Å². The van der Waals surface area contributed by atoms with Crippen molar-refractivity contribution in [3.05, 3.63) is 0 Å². The zero-order valence-corrected chi connectivity index (χ0v) is 10.7. The maximum absolute atomic E-state index is 9.73. The van der Waals surface area contributed by atoms with E-state index in [4.69, 9.17) is 20.1 Å². The van der Waals surface area contributed by atoms with Gasteiger partial charge in [-0.3, -0.25) is 0 Å². The summed E-state index contributed by atoms with van der Waals surface area (Å²) in [5.41, 5.74) is -1.14. The van der Waals surface area contributed by atoms with Crippen molar-refractivity contribution < 1.29 is 25.2 Å². The van der Waals surface area contributed by atoms with E-state index in [-0.39, 0.29) is 19.3 Å². The summed E-state index contributed by atoms with van der Waals surface area (Å²) >= 11 is 0. The quantitative estimate of drug-likeness (QED) is 0.351. The number of β-amino-alcohol motifs (C(OH)–C–C–N with tert-alkyl or cyclic N) is 1. The second kappa shape index (κ2) is 8.04. The van der Waals surface area contributed by atoms with Crippen molar-refractivity contribution in [3.63, 3.8) is 0 Å². The number of nitrogens with one attached hydrogen (secondary N) is 1. The number of hydrogen-bond donors (Lipinski definition) is 5. The molecule has 1 aliphatic rings. The fraction of sp³-hybridized carbons (Fsp3) is 1.00. The average Bonchev–Trinajstić information content (AvgIpc) is 2.92. The van der Waals surface area contributed by atoms with Crippen LogP contribution in [0.2, 0.25) is 0 Å². The minimum absolute atomic E-state index is 0.161. The fourth-order valence-electron chi connectivity index (χ4n) is 2.01. The van der Waals surface area contributed by atoms with E-state index in [2.05, 4.69) is 5.32 Å².